The van der Waals surface area contributed by atoms with Crippen molar-refractivity contribution in [2.24, 2.45) is 0 Å². The molecule has 1 aliphatic rings. The number of thiol groups is 1. The maximum absolute atomic E-state index is 11.1. The zero-order valence-electron chi connectivity index (χ0n) is 6.36. The van der Waals surface area contributed by atoms with Crippen molar-refractivity contribution in [3.8, 4) is 0 Å². The molecule has 0 saturated carbocycles. The molecule has 1 aliphatic heterocycles. The van der Waals surface area contributed by atoms with E-state index in [0.29, 0.717) is 19.4 Å². The molecule has 0 spiro atoms. The van der Waals surface area contributed by atoms with Gasteiger partial charge in [-0.05, 0) is 6.42 Å². The van der Waals surface area contributed by atoms with Gasteiger partial charge in [-0.3, -0.25) is 4.79 Å². The quantitative estimate of drug-likeness (QED) is 0.588. The second-order valence-corrected chi connectivity index (χ2v) is 3.51. The molecule has 1 N–H and O–H groups in total. The van der Waals surface area contributed by atoms with Crippen molar-refractivity contribution in [1.82, 2.24) is 4.90 Å². The second-order valence-electron chi connectivity index (χ2n) is 2.77. The highest BCUT2D eigenvalue weighted by Gasteiger charge is 2.25. The van der Waals surface area contributed by atoms with Crippen LogP contribution in [-0.4, -0.2) is 40.9 Å². The van der Waals surface area contributed by atoms with Gasteiger partial charge in [-0.2, -0.15) is 12.6 Å². The molecule has 1 saturated heterocycles. The Balaban J connectivity index is 2.29. The van der Waals surface area contributed by atoms with Crippen LogP contribution in [0.5, 0.6) is 0 Å². The summed E-state index contributed by atoms with van der Waals surface area (Å²) in [5.74, 6) is 0.165. The predicted molar refractivity (Wildman–Crippen MR) is 45.7 cm³/mol. The van der Waals surface area contributed by atoms with Crippen LogP contribution in [-0.2, 0) is 4.79 Å². The Kier molecular flexibility index (Phi) is 3.20. The van der Waals surface area contributed by atoms with Crippen LogP contribution < -0.4 is 0 Å². The van der Waals surface area contributed by atoms with E-state index in [2.05, 4.69) is 12.6 Å². The Labute approximate surface area is 71.8 Å². The summed E-state index contributed by atoms with van der Waals surface area (Å²) in [6.07, 6.45) is 1.22. The van der Waals surface area contributed by atoms with Crippen molar-refractivity contribution in [3.63, 3.8) is 0 Å². The molecule has 1 amide bonds. The fourth-order valence-electron chi connectivity index (χ4n) is 1.23. The molecule has 3 nitrogen and oxygen atoms in total. The summed E-state index contributed by atoms with van der Waals surface area (Å²) < 4.78 is 0. The number of aliphatic hydroxyl groups is 1. The molecule has 0 bridgehead atoms. The van der Waals surface area contributed by atoms with Gasteiger partial charge in [0.1, 0.15) is 0 Å². The number of aliphatic hydroxyl groups excluding tert-OH is 1. The molecule has 0 aromatic heterocycles. The Bertz CT molecular complexity index is 151. The van der Waals surface area contributed by atoms with Crippen LogP contribution in [0.2, 0.25) is 0 Å². The number of carbonyl (C=O) groups is 1. The van der Waals surface area contributed by atoms with Crippen LogP contribution in [0.4, 0.5) is 0 Å². The minimum absolute atomic E-state index is 0.154. The van der Waals surface area contributed by atoms with E-state index in [0.717, 1.165) is 6.54 Å². The van der Waals surface area contributed by atoms with E-state index < -0.39 is 0 Å². The lowest BCUT2D eigenvalue weighted by Gasteiger charge is -2.14. The van der Waals surface area contributed by atoms with E-state index in [1.54, 1.807) is 4.90 Å². The van der Waals surface area contributed by atoms with E-state index in [1.807, 2.05) is 0 Å². The largest absolute Gasteiger partial charge is 0.396 e. The highest BCUT2D eigenvalue weighted by molar-refractivity contribution is 7.81. The lowest BCUT2D eigenvalue weighted by Crippen LogP contribution is -2.26. The number of carbonyl (C=O) groups excluding carboxylic acids is 1. The molecule has 0 radical (unpaired) electrons. The number of nitrogens with zero attached hydrogens (tertiary/aromatic N) is 1. The van der Waals surface area contributed by atoms with Crippen LogP contribution in [0, 0.1) is 0 Å². The zero-order chi connectivity index (χ0) is 8.27. The SMILES string of the molecule is O=C1CC(S)CN1CCCO. The molecule has 11 heavy (non-hydrogen) atoms. The summed E-state index contributed by atoms with van der Waals surface area (Å²) in [5.41, 5.74) is 0. The molecular formula is C7H13NO2S. The molecular weight excluding hydrogens is 162 g/mol. The lowest BCUT2D eigenvalue weighted by molar-refractivity contribution is -0.127. The van der Waals surface area contributed by atoms with Gasteiger partial charge >= 0.3 is 0 Å². The van der Waals surface area contributed by atoms with Gasteiger partial charge in [-0.1, -0.05) is 0 Å². The summed E-state index contributed by atoms with van der Waals surface area (Å²) in [6.45, 7) is 1.56. The van der Waals surface area contributed by atoms with Crippen molar-refractivity contribution in [2.45, 2.75) is 18.1 Å². The topological polar surface area (TPSA) is 40.5 Å². The van der Waals surface area contributed by atoms with E-state index >= 15 is 0 Å². The van der Waals surface area contributed by atoms with Gasteiger partial charge < -0.3 is 10.0 Å². The summed E-state index contributed by atoms with van der Waals surface area (Å²) in [6, 6.07) is 0. The molecule has 1 heterocycles. The number of likely N-dealkylation sites (tertiary alicyclic amines) is 1. The Hall–Kier alpha value is -0.220. The number of hydrogen-bond donors (Lipinski definition) is 2. The van der Waals surface area contributed by atoms with Gasteiger partial charge in [-0.25, -0.2) is 0 Å². The average Bonchev–Trinajstić information content (AvgIpc) is 2.26. The minimum Gasteiger partial charge on any atom is -0.396 e. The highest BCUT2D eigenvalue weighted by Crippen LogP contribution is 2.15. The standard InChI is InChI=1S/C7H13NO2S/c9-3-1-2-8-5-6(11)4-7(8)10/h6,9,11H,1-5H2. The van der Waals surface area contributed by atoms with Crippen molar-refractivity contribution >= 4 is 18.5 Å². The van der Waals surface area contributed by atoms with Crippen LogP contribution in [0.3, 0.4) is 0 Å². The molecule has 1 unspecified atom stereocenters. The first kappa shape index (κ1) is 8.87. The van der Waals surface area contributed by atoms with E-state index in [1.165, 1.54) is 0 Å². The first-order valence-corrected chi connectivity index (χ1v) is 4.32. The van der Waals surface area contributed by atoms with Crippen LogP contribution in [0.1, 0.15) is 12.8 Å². The van der Waals surface area contributed by atoms with Crippen molar-refractivity contribution < 1.29 is 9.90 Å². The van der Waals surface area contributed by atoms with E-state index in [4.69, 9.17) is 5.11 Å². The molecule has 0 aromatic rings. The fraction of sp³-hybridized carbons (Fsp3) is 0.857. The lowest BCUT2D eigenvalue weighted by atomic mass is 10.4. The first-order valence-electron chi connectivity index (χ1n) is 3.80. The summed E-state index contributed by atoms with van der Waals surface area (Å²) >= 11 is 4.21. The second kappa shape index (κ2) is 3.97. The highest BCUT2D eigenvalue weighted by atomic mass is 32.1. The normalized spacial score (nSPS) is 24.7. The molecule has 1 atom stereocenters. The molecule has 1 fully saturated rings. The van der Waals surface area contributed by atoms with Crippen LogP contribution in [0.15, 0.2) is 0 Å². The zero-order valence-corrected chi connectivity index (χ0v) is 7.26. The first-order chi connectivity index (χ1) is 5.24. The number of rotatable bonds is 3. The third-order valence-corrected chi connectivity index (χ3v) is 2.13. The van der Waals surface area contributed by atoms with Crippen molar-refractivity contribution in [2.75, 3.05) is 19.7 Å². The smallest absolute Gasteiger partial charge is 0.223 e. The summed E-state index contributed by atoms with van der Waals surface area (Å²) in [4.78, 5) is 12.8. The van der Waals surface area contributed by atoms with Gasteiger partial charge in [0.25, 0.3) is 0 Å². The van der Waals surface area contributed by atoms with Crippen molar-refractivity contribution in [3.05, 3.63) is 0 Å². The monoisotopic (exact) mass is 175 g/mol. The third kappa shape index (κ3) is 2.38. The fourth-order valence-corrected chi connectivity index (χ4v) is 1.58. The predicted octanol–water partition coefficient (Wildman–Crippen LogP) is -0.100. The van der Waals surface area contributed by atoms with Crippen molar-refractivity contribution in [1.29, 1.82) is 0 Å². The van der Waals surface area contributed by atoms with Gasteiger partial charge in [0.15, 0.2) is 0 Å². The number of amides is 1. The van der Waals surface area contributed by atoms with Gasteiger partial charge in [0.05, 0.1) is 0 Å². The van der Waals surface area contributed by atoms with Gasteiger partial charge in [-0.15, -0.1) is 0 Å². The summed E-state index contributed by atoms with van der Waals surface area (Å²) in [5, 5.41) is 8.72. The van der Waals surface area contributed by atoms with Crippen LogP contribution >= 0.6 is 12.6 Å². The molecule has 64 valence electrons. The Morgan fingerprint density at radius 3 is 2.91 bits per heavy atom. The van der Waals surface area contributed by atoms with E-state index in [-0.39, 0.29) is 17.8 Å². The van der Waals surface area contributed by atoms with Gasteiger partial charge in [0, 0.05) is 31.4 Å². The third-order valence-electron chi connectivity index (χ3n) is 1.78. The maximum Gasteiger partial charge on any atom is 0.223 e. The average molecular weight is 175 g/mol. The number of hydrogen-bond acceptors (Lipinski definition) is 3. The van der Waals surface area contributed by atoms with Crippen LogP contribution in [0.25, 0.3) is 0 Å². The minimum atomic E-state index is 0.154. The Morgan fingerprint density at radius 2 is 2.45 bits per heavy atom. The Morgan fingerprint density at radius 1 is 1.73 bits per heavy atom. The molecule has 4 heteroatoms. The maximum atomic E-state index is 11.1. The summed E-state index contributed by atoms with van der Waals surface area (Å²) in [7, 11) is 0. The molecule has 0 aromatic carbocycles. The van der Waals surface area contributed by atoms with E-state index in [9.17, 15) is 4.79 Å². The molecule has 1 rings (SSSR count). The van der Waals surface area contributed by atoms with Gasteiger partial charge in [0.2, 0.25) is 5.91 Å². The molecule has 0 aliphatic carbocycles.